The number of carbonyl (C=O) groups excluding carboxylic acids is 3. The predicted molar refractivity (Wildman–Crippen MR) is 115 cm³/mol. The Morgan fingerprint density at radius 2 is 1.88 bits per heavy atom. The van der Waals surface area contributed by atoms with Crippen molar-refractivity contribution in [2.75, 3.05) is 6.61 Å². The fourth-order valence-corrected chi connectivity index (χ4v) is 8.73. The standard InChI is InChI=1S/C25H34O8/c1-14(27)33-16-3-7-23(13-26)17-4-6-22(2)21(15-9-20(29)32-12-15)19(28)11-25(22,31)18(17)5-8-24(23,30)10-16/h9,13,16-19,21,28,30-31H,3-8,10-12H2,1-2H3/t16-,17+,18+,19-,21-,22+,23-,24-,25-/m0/s1. The number of aliphatic hydroxyl groups is 3. The second-order valence-electron chi connectivity index (χ2n) is 11.4. The van der Waals surface area contributed by atoms with Crippen molar-refractivity contribution in [3.05, 3.63) is 11.6 Å². The van der Waals surface area contributed by atoms with E-state index in [9.17, 15) is 29.7 Å². The van der Waals surface area contributed by atoms with Crippen LogP contribution in [0.2, 0.25) is 0 Å². The third-order valence-corrected chi connectivity index (χ3v) is 10.1. The van der Waals surface area contributed by atoms with Gasteiger partial charge in [-0.2, -0.15) is 0 Å². The maximum Gasteiger partial charge on any atom is 0.331 e. The number of ether oxygens (including phenoxy) is 2. The molecule has 4 fully saturated rings. The van der Waals surface area contributed by atoms with E-state index >= 15 is 0 Å². The van der Waals surface area contributed by atoms with Gasteiger partial charge in [0.1, 0.15) is 19.0 Å². The molecule has 33 heavy (non-hydrogen) atoms. The fraction of sp³-hybridized carbons (Fsp3) is 0.800. The van der Waals surface area contributed by atoms with Gasteiger partial charge in [-0.1, -0.05) is 6.92 Å². The van der Waals surface area contributed by atoms with Crippen molar-refractivity contribution < 1.29 is 39.2 Å². The molecule has 1 heterocycles. The molecule has 182 valence electrons. The Bertz CT molecular complexity index is 914. The highest BCUT2D eigenvalue weighted by atomic mass is 16.5. The molecule has 0 aromatic carbocycles. The highest BCUT2D eigenvalue weighted by Crippen LogP contribution is 2.70. The Hall–Kier alpha value is -1.77. The summed E-state index contributed by atoms with van der Waals surface area (Å²) in [4.78, 5) is 35.9. The Labute approximate surface area is 193 Å². The lowest BCUT2D eigenvalue weighted by molar-refractivity contribution is -0.249. The van der Waals surface area contributed by atoms with Crippen LogP contribution in [0.1, 0.15) is 65.2 Å². The summed E-state index contributed by atoms with van der Waals surface area (Å²) in [5, 5.41) is 35.0. The molecular formula is C25H34O8. The molecule has 5 aliphatic rings. The van der Waals surface area contributed by atoms with E-state index in [4.69, 9.17) is 9.47 Å². The lowest BCUT2D eigenvalue weighted by Gasteiger charge is -2.65. The van der Waals surface area contributed by atoms with Crippen LogP contribution in [0.3, 0.4) is 0 Å². The zero-order valence-electron chi connectivity index (χ0n) is 19.3. The van der Waals surface area contributed by atoms with Gasteiger partial charge in [-0.25, -0.2) is 4.79 Å². The minimum Gasteiger partial charge on any atom is -0.462 e. The molecule has 3 N–H and O–H groups in total. The van der Waals surface area contributed by atoms with Crippen LogP contribution in [0.15, 0.2) is 11.6 Å². The van der Waals surface area contributed by atoms with E-state index in [1.54, 1.807) is 0 Å². The van der Waals surface area contributed by atoms with Crippen LogP contribution < -0.4 is 0 Å². The molecule has 1 aliphatic heterocycles. The van der Waals surface area contributed by atoms with E-state index in [1.807, 2.05) is 6.92 Å². The highest BCUT2D eigenvalue weighted by molar-refractivity contribution is 5.85. The van der Waals surface area contributed by atoms with Gasteiger partial charge in [0.05, 0.1) is 22.7 Å². The summed E-state index contributed by atoms with van der Waals surface area (Å²) in [5.74, 6) is -1.69. The zero-order chi connectivity index (χ0) is 23.8. The number of rotatable bonds is 3. The van der Waals surface area contributed by atoms with Crippen LogP contribution >= 0.6 is 0 Å². The number of hydrogen-bond acceptors (Lipinski definition) is 8. The maximum absolute atomic E-state index is 12.7. The van der Waals surface area contributed by atoms with Crippen molar-refractivity contribution in [2.24, 2.45) is 28.6 Å². The number of cyclic esters (lactones) is 1. The lowest BCUT2D eigenvalue weighted by Crippen LogP contribution is -2.69. The van der Waals surface area contributed by atoms with Gasteiger partial charge in [-0.3, -0.25) is 4.79 Å². The molecule has 5 rings (SSSR count). The molecule has 0 amide bonds. The van der Waals surface area contributed by atoms with Gasteiger partial charge in [0.25, 0.3) is 0 Å². The molecule has 0 bridgehead atoms. The van der Waals surface area contributed by atoms with Gasteiger partial charge in [-0.15, -0.1) is 0 Å². The first kappa shape index (κ1) is 23.0. The summed E-state index contributed by atoms with van der Waals surface area (Å²) in [6.45, 7) is 3.47. The Kier molecular flexibility index (Phi) is 5.13. The molecule has 8 nitrogen and oxygen atoms in total. The number of aliphatic hydroxyl groups excluding tert-OH is 1. The quantitative estimate of drug-likeness (QED) is 0.424. The van der Waals surface area contributed by atoms with Crippen LogP contribution in [0.25, 0.3) is 0 Å². The summed E-state index contributed by atoms with van der Waals surface area (Å²) < 4.78 is 10.5. The van der Waals surface area contributed by atoms with Gasteiger partial charge in [0.15, 0.2) is 0 Å². The van der Waals surface area contributed by atoms with E-state index in [2.05, 4.69) is 0 Å². The van der Waals surface area contributed by atoms with Crippen molar-refractivity contribution >= 4 is 18.2 Å². The highest BCUT2D eigenvalue weighted by Gasteiger charge is 2.73. The SMILES string of the molecule is CC(=O)O[C@H]1CC[C@]2(C=O)[C@@H]3CC[C@]4(C)[C@@H](C5=CC(=O)OC5)[C@@H](O)C[C@]4(O)[C@@H]3CC[C@]2(O)C1. The fourth-order valence-electron chi connectivity index (χ4n) is 8.73. The molecule has 4 aliphatic carbocycles. The smallest absolute Gasteiger partial charge is 0.331 e. The molecule has 4 saturated carbocycles. The summed E-state index contributed by atoms with van der Waals surface area (Å²) in [6, 6.07) is 0. The van der Waals surface area contributed by atoms with Gasteiger partial charge >= 0.3 is 11.9 Å². The second-order valence-corrected chi connectivity index (χ2v) is 11.4. The summed E-state index contributed by atoms with van der Waals surface area (Å²) in [5.41, 5.74) is -3.47. The molecular weight excluding hydrogens is 428 g/mol. The minimum absolute atomic E-state index is 0.135. The Balaban J connectivity index is 1.49. The van der Waals surface area contributed by atoms with Crippen molar-refractivity contribution in [1.29, 1.82) is 0 Å². The molecule has 0 unspecified atom stereocenters. The molecule has 0 spiro atoms. The van der Waals surface area contributed by atoms with Crippen molar-refractivity contribution in [3.63, 3.8) is 0 Å². The van der Waals surface area contributed by atoms with E-state index in [-0.39, 0.29) is 37.2 Å². The average Bonchev–Trinajstić information content (AvgIpc) is 3.23. The number of fused-ring (bicyclic) bond motifs is 5. The van der Waals surface area contributed by atoms with Crippen molar-refractivity contribution in [3.8, 4) is 0 Å². The molecule has 0 radical (unpaired) electrons. The molecule has 8 heteroatoms. The summed E-state index contributed by atoms with van der Waals surface area (Å²) in [7, 11) is 0. The van der Waals surface area contributed by atoms with E-state index in [1.165, 1.54) is 13.0 Å². The maximum atomic E-state index is 12.7. The monoisotopic (exact) mass is 462 g/mol. The van der Waals surface area contributed by atoms with E-state index < -0.39 is 46.2 Å². The Morgan fingerprint density at radius 3 is 2.52 bits per heavy atom. The molecule has 9 atom stereocenters. The van der Waals surface area contributed by atoms with Crippen LogP contribution in [-0.4, -0.2) is 63.6 Å². The Morgan fingerprint density at radius 1 is 1.15 bits per heavy atom. The number of carbonyl (C=O) groups is 3. The largest absolute Gasteiger partial charge is 0.462 e. The topological polar surface area (TPSA) is 130 Å². The predicted octanol–water partition coefficient (Wildman–Crippen LogP) is 1.44. The van der Waals surface area contributed by atoms with Gasteiger partial charge in [-0.05, 0) is 55.9 Å². The minimum atomic E-state index is -1.29. The number of esters is 2. The second kappa shape index (κ2) is 7.36. The first-order chi connectivity index (χ1) is 15.5. The van der Waals surface area contributed by atoms with Crippen LogP contribution in [0, 0.1) is 28.6 Å². The van der Waals surface area contributed by atoms with Crippen LogP contribution in [0.5, 0.6) is 0 Å². The van der Waals surface area contributed by atoms with Crippen molar-refractivity contribution in [2.45, 2.75) is 88.6 Å². The van der Waals surface area contributed by atoms with Gasteiger partial charge in [0.2, 0.25) is 0 Å². The average molecular weight is 463 g/mol. The molecule has 0 aromatic rings. The van der Waals surface area contributed by atoms with Gasteiger partial charge in [0, 0.05) is 37.2 Å². The first-order valence-corrected chi connectivity index (χ1v) is 12.1. The zero-order valence-corrected chi connectivity index (χ0v) is 19.3. The van der Waals surface area contributed by atoms with Crippen LogP contribution in [0.4, 0.5) is 0 Å². The third kappa shape index (κ3) is 2.96. The lowest BCUT2D eigenvalue weighted by atomic mass is 9.41. The van der Waals surface area contributed by atoms with E-state index in [0.717, 1.165) is 11.9 Å². The summed E-state index contributed by atoms with van der Waals surface area (Å²) in [6.07, 6.45) is 4.45. The van der Waals surface area contributed by atoms with Crippen molar-refractivity contribution in [1.82, 2.24) is 0 Å². The first-order valence-electron chi connectivity index (χ1n) is 12.1. The normalized spacial score (nSPS) is 51.0. The molecule has 0 saturated heterocycles. The van der Waals surface area contributed by atoms with E-state index in [0.29, 0.717) is 38.5 Å². The number of aldehydes is 1. The third-order valence-electron chi connectivity index (χ3n) is 10.1. The molecule has 0 aromatic heterocycles. The number of hydrogen-bond donors (Lipinski definition) is 3. The van der Waals surface area contributed by atoms with Crippen LogP contribution in [-0.2, 0) is 23.9 Å². The van der Waals surface area contributed by atoms with Gasteiger partial charge < -0.3 is 29.6 Å². The summed E-state index contributed by atoms with van der Waals surface area (Å²) >= 11 is 0.